The fourth-order valence-electron chi connectivity index (χ4n) is 5.57. The van der Waals surface area contributed by atoms with Gasteiger partial charge in [0, 0.05) is 30.8 Å². The SMILES string of the molecule is CCC.CCC.CNCCN(Cc1ncc(-c2ccc(C#Cc3ccc(-c4cnc(C5CCCN5C(=O)CNC(=O)OC)[nH]4)cc3)cc2)[nH]1)C(=O)CNC(=O)OC. The first-order chi connectivity index (χ1) is 27.6. The highest BCUT2D eigenvalue weighted by Crippen LogP contribution is 2.31. The molecule has 0 saturated carbocycles. The number of aromatic nitrogens is 4. The van der Waals surface area contributed by atoms with Gasteiger partial charge in [0.25, 0.3) is 0 Å². The van der Waals surface area contributed by atoms with E-state index in [9.17, 15) is 19.2 Å². The number of rotatable bonds is 12. The second kappa shape index (κ2) is 24.4. The number of imidazole rings is 2. The first-order valence-electron chi connectivity index (χ1n) is 19.3. The highest BCUT2D eigenvalue weighted by Gasteiger charge is 2.32. The number of nitrogens with one attached hydrogen (secondary N) is 5. The van der Waals surface area contributed by atoms with Crippen LogP contribution in [0.1, 0.15) is 82.2 Å². The topological polar surface area (TPSA) is 187 Å². The molecule has 4 aromatic rings. The summed E-state index contributed by atoms with van der Waals surface area (Å²) in [6, 6.07) is 15.4. The number of aromatic amines is 2. The number of hydrogen-bond acceptors (Lipinski definition) is 9. The number of benzene rings is 2. The third-order valence-electron chi connectivity index (χ3n) is 8.32. The molecule has 0 aliphatic carbocycles. The summed E-state index contributed by atoms with van der Waals surface area (Å²) >= 11 is 0. The number of H-pyrrole nitrogens is 2. The Morgan fingerprint density at radius 3 is 1.88 bits per heavy atom. The van der Waals surface area contributed by atoms with E-state index in [0.717, 1.165) is 46.5 Å². The van der Waals surface area contributed by atoms with Crippen LogP contribution in [-0.2, 0) is 25.6 Å². The zero-order valence-corrected chi connectivity index (χ0v) is 34.2. The molecule has 306 valence electrons. The maximum absolute atomic E-state index is 12.7. The largest absolute Gasteiger partial charge is 0.453 e. The van der Waals surface area contributed by atoms with Crippen LogP contribution < -0.4 is 16.0 Å². The molecule has 1 fully saturated rings. The predicted octanol–water partition coefficient (Wildman–Crippen LogP) is 5.62. The predicted molar refractivity (Wildman–Crippen MR) is 220 cm³/mol. The molecule has 1 aliphatic rings. The fourth-order valence-corrected chi connectivity index (χ4v) is 5.57. The molecule has 15 heteroatoms. The lowest BCUT2D eigenvalue weighted by molar-refractivity contribution is -0.131. The number of methoxy groups -OCH3 is 2. The molecule has 1 unspecified atom stereocenters. The van der Waals surface area contributed by atoms with Gasteiger partial charge in [0.05, 0.1) is 50.6 Å². The van der Waals surface area contributed by atoms with E-state index < -0.39 is 12.2 Å². The monoisotopic (exact) mass is 783 g/mol. The first kappa shape index (κ1) is 45.3. The second-order valence-corrected chi connectivity index (χ2v) is 13.1. The highest BCUT2D eigenvalue weighted by molar-refractivity contribution is 5.83. The van der Waals surface area contributed by atoms with Crippen LogP contribution in [0.2, 0.25) is 0 Å². The summed E-state index contributed by atoms with van der Waals surface area (Å²) in [6.45, 7) is 10.1. The number of carbonyl (C=O) groups is 4. The van der Waals surface area contributed by atoms with Gasteiger partial charge in [-0.2, -0.15) is 0 Å². The van der Waals surface area contributed by atoms with Crippen molar-refractivity contribution < 1.29 is 28.7 Å². The first-order valence-corrected chi connectivity index (χ1v) is 19.3. The Labute approximate surface area is 335 Å². The van der Waals surface area contributed by atoms with Gasteiger partial charge < -0.3 is 45.2 Å². The van der Waals surface area contributed by atoms with Crippen LogP contribution in [0, 0.1) is 11.8 Å². The van der Waals surface area contributed by atoms with Crippen LogP contribution in [0.4, 0.5) is 9.59 Å². The van der Waals surface area contributed by atoms with Crippen molar-refractivity contribution in [2.75, 3.05) is 54.0 Å². The summed E-state index contributed by atoms with van der Waals surface area (Å²) in [4.78, 5) is 67.2. The molecule has 2 aromatic carbocycles. The van der Waals surface area contributed by atoms with Crippen LogP contribution >= 0.6 is 0 Å². The number of hydrogen-bond donors (Lipinski definition) is 5. The number of amides is 4. The van der Waals surface area contributed by atoms with Crippen LogP contribution in [0.5, 0.6) is 0 Å². The number of likely N-dealkylation sites (N-methyl/N-ethyl adjacent to an activating group) is 1. The zero-order chi connectivity index (χ0) is 41.6. The van der Waals surface area contributed by atoms with Gasteiger partial charge in [0.15, 0.2) is 0 Å². The molecule has 1 aliphatic heterocycles. The fraction of sp³-hybridized carbons (Fsp3) is 0.429. The Morgan fingerprint density at radius 1 is 0.807 bits per heavy atom. The minimum absolute atomic E-state index is 0.129. The molecule has 4 amide bonds. The van der Waals surface area contributed by atoms with Crippen molar-refractivity contribution >= 4 is 24.0 Å². The molecule has 0 radical (unpaired) electrons. The summed E-state index contributed by atoms with van der Waals surface area (Å²) in [7, 11) is 4.31. The van der Waals surface area contributed by atoms with Gasteiger partial charge in [-0.05, 0) is 55.3 Å². The van der Waals surface area contributed by atoms with Crippen molar-refractivity contribution in [2.24, 2.45) is 0 Å². The Kier molecular flexibility index (Phi) is 19.4. The summed E-state index contributed by atoms with van der Waals surface area (Å²) in [5, 5.41) is 7.90. The van der Waals surface area contributed by atoms with Gasteiger partial charge >= 0.3 is 12.2 Å². The van der Waals surface area contributed by atoms with Gasteiger partial charge in [-0.25, -0.2) is 19.6 Å². The third kappa shape index (κ3) is 14.5. The van der Waals surface area contributed by atoms with Crippen LogP contribution in [-0.4, -0.2) is 108 Å². The van der Waals surface area contributed by atoms with E-state index >= 15 is 0 Å². The standard InChI is InChI=1S/C36H41N9O6.2C3H8/c1-37-16-18-44(32(46)21-40-35(48)50-2)23-31-38-19-28(42-31)26-12-8-24(9-13-26)6-7-25-10-14-27(15-11-25)29-20-39-34(43-29)30-5-4-17-45(30)33(47)22-41-36(49)51-3;2*1-3-2/h8-15,19-20,30,37H,4-5,16-18,21-23H2,1-3H3,(H,38,42)(H,39,43)(H,40,48)(H,41,49);2*3H2,1-2H3. The molecule has 0 bridgehead atoms. The van der Waals surface area contributed by atoms with E-state index in [1.54, 1.807) is 29.2 Å². The molecule has 57 heavy (non-hydrogen) atoms. The van der Waals surface area contributed by atoms with Crippen molar-refractivity contribution in [1.29, 1.82) is 0 Å². The number of nitrogens with zero attached hydrogens (tertiary/aromatic N) is 4. The molecule has 2 aromatic heterocycles. The second-order valence-electron chi connectivity index (χ2n) is 13.1. The van der Waals surface area contributed by atoms with Crippen molar-refractivity contribution in [3.05, 3.63) is 83.7 Å². The van der Waals surface area contributed by atoms with E-state index in [0.29, 0.717) is 31.3 Å². The Balaban J connectivity index is 0.00000136. The van der Waals surface area contributed by atoms with Crippen molar-refractivity contribution in [1.82, 2.24) is 45.7 Å². The Bertz CT molecular complexity index is 1910. The number of alkyl carbamates (subject to hydrolysis) is 2. The van der Waals surface area contributed by atoms with Gasteiger partial charge in [0.1, 0.15) is 24.7 Å². The molecule has 1 saturated heterocycles. The Morgan fingerprint density at radius 2 is 1.33 bits per heavy atom. The van der Waals surface area contributed by atoms with Crippen LogP contribution in [0.25, 0.3) is 22.5 Å². The van der Waals surface area contributed by atoms with Crippen molar-refractivity contribution in [3.63, 3.8) is 0 Å². The van der Waals surface area contributed by atoms with Crippen LogP contribution in [0.15, 0.2) is 60.9 Å². The van der Waals surface area contributed by atoms with E-state index in [1.165, 1.54) is 27.1 Å². The lowest BCUT2D eigenvalue weighted by Gasteiger charge is -2.23. The van der Waals surface area contributed by atoms with Gasteiger partial charge in [-0.15, -0.1) is 0 Å². The molecular weight excluding hydrogens is 727 g/mol. The summed E-state index contributed by atoms with van der Waals surface area (Å²) in [6.07, 6.45) is 6.31. The molecule has 15 nitrogen and oxygen atoms in total. The molecular formula is C42H57N9O6. The maximum Gasteiger partial charge on any atom is 0.407 e. The van der Waals surface area contributed by atoms with Crippen molar-refractivity contribution in [2.45, 2.75) is 66.0 Å². The average molecular weight is 784 g/mol. The maximum atomic E-state index is 12.7. The molecule has 1 atom stereocenters. The number of likely N-dealkylation sites (tertiary alicyclic amines) is 1. The van der Waals surface area contributed by atoms with E-state index in [4.69, 9.17) is 0 Å². The molecule has 0 spiro atoms. The van der Waals surface area contributed by atoms with E-state index in [2.05, 4.69) is 84.9 Å². The average Bonchev–Trinajstić information content (AvgIpc) is 4.02. The normalized spacial score (nSPS) is 12.8. The summed E-state index contributed by atoms with van der Waals surface area (Å²) in [5.41, 5.74) is 5.20. The van der Waals surface area contributed by atoms with E-state index in [1.807, 2.05) is 48.5 Å². The summed E-state index contributed by atoms with van der Waals surface area (Å²) < 4.78 is 9.11. The lowest BCUT2D eigenvalue weighted by atomic mass is 10.1. The van der Waals surface area contributed by atoms with Gasteiger partial charge in [-0.3, -0.25) is 9.59 Å². The zero-order valence-electron chi connectivity index (χ0n) is 34.2. The molecule has 5 rings (SSSR count). The Hall–Kier alpha value is -6.14. The lowest BCUT2D eigenvalue weighted by Crippen LogP contribution is -2.42. The minimum Gasteiger partial charge on any atom is -0.453 e. The van der Waals surface area contributed by atoms with Gasteiger partial charge in [-0.1, -0.05) is 76.6 Å². The minimum atomic E-state index is -0.666. The smallest absolute Gasteiger partial charge is 0.407 e. The highest BCUT2D eigenvalue weighted by atomic mass is 16.5. The summed E-state index contributed by atoms with van der Waals surface area (Å²) in [5.74, 6) is 7.30. The van der Waals surface area contributed by atoms with Crippen LogP contribution in [0.3, 0.4) is 0 Å². The quantitative estimate of drug-likeness (QED) is 0.114. The molecule has 3 heterocycles. The number of carbonyl (C=O) groups excluding carboxylic acids is 4. The van der Waals surface area contributed by atoms with E-state index in [-0.39, 0.29) is 37.5 Å². The van der Waals surface area contributed by atoms with Crippen molar-refractivity contribution in [3.8, 4) is 34.4 Å². The molecule has 5 N–H and O–H groups in total. The number of ether oxygens (including phenoxy) is 2. The third-order valence-corrected chi connectivity index (χ3v) is 8.32. The van der Waals surface area contributed by atoms with Gasteiger partial charge in [0.2, 0.25) is 11.8 Å².